The number of rotatable bonds is 4. The molecule has 0 radical (unpaired) electrons. The topological polar surface area (TPSA) is 58.6 Å². The second kappa shape index (κ2) is 4.11. The van der Waals surface area contributed by atoms with Crippen molar-refractivity contribution in [3.05, 3.63) is 11.6 Å². The number of hydrogen-bond donors (Lipinski definition) is 2. The van der Waals surface area contributed by atoms with Gasteiger partial charge in [0.25, 0.3) is 0 Å². The van der Waals surface area contributed by atoms with Gasteiger partial charge in [0.15, 0.2) is 0 Å². The van der Waals surface area contributed by atoms with Crippen LogP contribution in [0, 0.1) is 5.92 Å². The van der Waals surface area contributed by atoms with E-state index >= 15 is 0 Å². The summed E-state index contributed by atoms with van der Waals surface area (Å²) in [5, 5.41) is 10.8. The van der Waals surface area contributed by atoms with Crippen LogP contribution in [0.4, 0.5) is 4.79 Å². The van der Waals surface area contributed by atoms with E-state index in [4.69, 9.17) is 9.84 Å². The molecule has 68 valence electrons. The number of amides is 1. The lowest BCUT2D eigenvalue weighted by Gasteiger charge is -2.04. The zero-order valence-corrected chi connectivity index (χ0v) is 7.04. The Labute approximate surface area is 71.2 Å². The number of carbonyl (C=O) groups excluding carboxylic acids is 1. The van der Waals surface area contributed by atoms with Gasteiger partial charge in [-0.1, -0.05) is 11.6 Å². The summed E-state index contributed by atoms with van der Waals surface area (Å²) in [6.07, 6.45) is 1.58. The molecule has 0 saturated carbocycles. The minimum Gasteiger partial charge on any atom is -0.449 e. The first-order valence-corrected chi connectivity index (χ1v) is 3.94. The Bertz CT molecular complexity index is 200. The van der Waals surface area contributed by atoms with E-state index in [1.54, 1.807) is 0 Å². The molecule has 1 amide bonds. The van der Waals surface area contributed by atoms with Gasteiger partial charge in [0.05, 0.1) is 6.61 Å². The van der Waals surface area contributed by atoms with Crippen LogP contribution in [0.2, 0.25) is 0 Å². The van der Waals surface area contributed by atoms with Crippen molar-refractivity contribution in [3.63, 3.8) is 0 Å². The summed E-state index contributed by atoms with van der Waals surface area (Å²) in [6.45, 7) is 2.61. The summed E-state index contributed by atoms with van der Waals surface area (Å²) < 4.78 is 4.83. The van der Waals surface area contributed by atoms with E-state index < -0.39 is 6.09 Å². The molecule has 1 atom stereocenters. The van der Waals surface area contributed by atoms with Gasteiger partial charge >= 0.3 is 6.09 Å². The van der Waals surface area contributed by atoms with Crippen LogP contribution in [0.3, 0.4) is 0 Å². The van der Waals surface area contributed by atoms with E-state index in [-0.39, 0.29) is 13.2 Å². The molecule has 1 aliphatic rings. The fourth-order valence-electron chi connectivity index (χ4n) is 0.823. The summed E-state index contributed by atoms with van der Waals surface area (Å²) in [5.41, 5.74) is 1.27. The third-order valence-electron chi connectivity index (χ3n) is 1.71. The molecule has 0 aromatic carbocycles. The third kappa shape index (κ3) is 2.92. The fourth-order valence-corrected chi connectivity index (χ4v) is 0.823. The van der Waals surface area contributed by atoms with E-state index in [2.05, 4.69) is 5.32 Å². The van der Waals surface area contributed by atoms with Crippen LogP contribution in [0.5, 0.6) is 0 Å². The van der Waals surface area contributed by atoms with Gasteiger partial charge in [0.2, 0.25) is 0 Å². The van der Waals surface area contributed by atoms with Gasteiger partial charge in [0.1, 0.15) is 6.61 Å². The van der Waals surface area contributed by atoms with Gasteiger partial charge in [-0.05, 0) is 6.92 Å². The Morgan fingerprint density at radius 1 is 1.83 bits per heavy atom. The first kappa shape index (κ1) is 9.06. The van der Waals surface area contributed by atoms with Crippen molar-refractivity contribution >= 4 is 6.09 Å². The van der Waals surface area contributed by atoms with E-state index in [1.807, 2.05) is 13.0 Å². The predicted molar refractivity (Wildman–Crippen MR) is 43.7 cm³/mol. The Morgan fingerprint density at radius 2 is 2.50 bits per heavy atom. The molecule has 1 rings (SSSR count). The highest BCUT2D eigenvalue weighted by molar-refractivity contribution is 5.67. The van der Waals surface area contributed by atoms with Gasteiger partial charge in [-0.15, -0.1) is 0 Å². The van der Waals surface area contributed by atoms with Gasteiger partial charge in [0, 0.05) is 12.5 Å². The quantitative estimate of drug-likeness (QED) is 0.597. The Hall–Kier alpha value is -1.03. The number of ether oxygens (including phenoxy) is 1. The predicted octanol–water partition coefficient (Wildman–Crippen LogP) is 0.281. The monoisotopic (exact) mass is 171 g/mol. The van der Waals surface area contributed by atoms with Crippen molar-refractivity contribution in [2.24, 2.45) is 5.92 Å². The molecule has 0 heterocycles. The summed E-state index contributed by atoms with van der Waals surface area (Å²) in [6, 6.07) is 0. The van der Waals surface area contributed by atoms with Crippen molar-refractivity contribution in [2.45, 2.75) is 6.92 Å². The van der Waals surface area contributed by atoms with E-state index in [0.29, 0.717) is 12.5 Å². The normalized spacial score (nSPS) is 19.8. The maximum atomic E-state index is 10.8. The maximum Gasteiger partial charge on any atom is 0.407 e. The molecule has 0 spiro atoms. The smallest absolute Gasteiger partial charge is 0.407 e. The van der Waals surface area contributed by atoms with Crippen LogP contribution in [0.1, 0.15) is 6.92 Å². The van der Waals surface area contributed by atoms with Gasteiger partial charge in [-0.3, -0.25) is 0 Å². The summed E-state index contributed by atoms with van der Waals surface area (Å²) in [7, 11) is 0. The molecule has 12 heavy (non-hydrogen) atoms. The number of carbonyl (C=O) groups is 1. The molecule has 0 fully saturated rings. The van der Waals surface area contributed by atoms with Crippen LogP contribution in [-0.4, -0.2) is 31.0 Å². The molecule has 1 aliphatic carbocycles. The number of hydrogen-bond acceptors (Lipinski definition) is 3. The SMILES string of the molecule is CC1=CC1COC(=O)NCCO. The summed E-state index contributed by atoms with van der Waals surface area (Å²) in [5.74, 6) is 0.352. The van der Waals surface area contributed by atoms with Crippen molar-refractivity contribution in [2.75, 3.05) is 19.8 Å². The van der Waals surface area contributed by atoms with Crippen molar-refractivity contribution < 1.29 is 14.6 Å². The van der Waals surface area contributed by atoms with Crippen molar-refractivity contribution in [1.29, 1.82) is 0 Å². The number of aliphatic hydroxyl groups excluding tert-OH is 1. The molecule has 0 saturated heterocycles. The Kier molecular flexibility index (Phi) is 3.10. The highest BCUT2D eigenvalue weighted by atomic mass is 16.5. The molecule has 0 bridgehead atoms. The van der Waals surface area contributed by atoms with Crippen LogP contribution >= 0.6 is 0 Å². The molecule has 1 unspecified atom stereocenters. The van der Waals surface area contributed by atoms with Crippen LogP contribution < -0.4 is 5.32 Å². The lowest BCUT2D eigenvalue weighted by Crippen LogP contribution is -2.27. The third-order valence-corrected chi connectivity index (χ3v) is 1.71. The second-order valence-corrected chi connectivity index (χ2v) is 2.77. The molecule has 0 aliphatic heterocycles. The first-order valence-electron chi connectivity index (χ1n) is 3.94. The van der Waals surface area contributed by atoms with Gasteiger partial charge in [-0.25, -0.2) is 4.79 Å². The minimum absolute atomic E-state index is 0.0597. The molecule has 2 N–H and O–H groups in total. The summed E-state index contributed by atoms with van der Waals surface area (Å²) >= 11 is 0. The molecular formula is C8H13NO3. The highest BCUT2D eigenvalue weighted by Gasteiger charge is 2.21. The lowest BCUT2D eigenvalue weighted by atomic mass is 10.3. The Balaban J connectivity index is 1.96. The Morgan fingerprint density at radius 3 is 3.00 bits per heavy atom. The second-order valence-electron chi connectivity index (χ2n) is 2.77. The standard InChI is InChI=1S/C8H13NO3/c1-6-4-7(6)5-12-8(11)9-2-3-10/h4,7,10H,2-3,5H2,1H3,(H,9,11). The zero-order valence-electron chi connectivity index (χ0n) is 7.04. The summed E-state index contributed by atoms with van der Waals surface area (Å²) in [4.78, 5) is 10.8. The molecule has 4 nitrogen and oxygen atoms in total. The average Bonchev–Trinajstić information content (AvgIpc) is 2.75. The van der Waals surface area contributed by atoms with Crippen LogP contribution in [-0.2, 0) is 4.74 Å². The van der Waals surface area contributed by atoms with Gasteiger partial charge < -0.3 is 15.2 Å². The minimum atomic E-state index is -0.461. The van der Waals surface area contributed by atoms with Crippen LogP contribution in [0.15, 0.2) is 11.6 Å². The molecule has 0 aromatic rings. The highest BCUT2D eigenvalue weighted by Crippen LogP contribution is 2.27. The molecule has 0 aromatic heterocycles. The van der Waals surface area contributed by atoms with Crippen LogP contribution in [0.25, 0.3) is 0 Å². The average molecular weight is 171 g/mol. The van der Waals surface area contributed by atoms with Crippen molar-refractivity contribution in [1.82, 2.24) is 5.32 Å². The maximum absolute atomic E-state index is 10.8. The first-order chi connectivity index (χ1) is 5.74. The van der Waals surface area contributed by atoms with E-state index in [0.717, 1.165) is 0 Å². The largest absolute Gasteiger partial charge is 0.449 e. The van der Waals surface area contributed by atoms with Gasteiger partial charge in [-0.2, -0.15) is 0 Å². The number of nitrogens with one attached hydrogen (secondary N) is 1. The fraction of sp³-hybridized carbons (Fsp3) is 0.625. The molecule has 4 heteroatoms. The van der Waals surface area contributed by atoms with E-state index in [9.17, 15) is 4.79 Å². The lowest BCUT2D eigenvalue weighted by molar-refractivity contribution is 0.140. The van der Waals surface area contributed by atoms with Crippen molar-refractivity contribution in [3.8, 4) is 0 Å². The number of alkyl carbamates (subject to hydrolysis) is 1. The zero-order chi connectivity index (χ0) is 8.97. The molecular weight excluding hydrogens is 158 g/mol. The van der Waals surface area contributed by atoms with E-state index in [1.165, 1.54) is 5.57 Å². The number of aliphatic hydroxyl groups is 1.